The lowest BCUT2D eigenvalue weighted by Crippen LogP contribution is -2.51. The maximum Gasteiger partial charge on any atom is 0.174 e. The van der Waals surface area contributed by atoms with E-state index < -0.39 is 0 Å². The molecule has 2 bridgehead atoms. The van der Waals surface area contributed by atoms with Crippen LogP contribution >= 0.6 is 0 Å². The van der Waals surface area contributed by atoms with Crippen LogP contribution in [0.2, 0.25) is 0 Å². The molecule has 1 aromatic carbocycles. The number of hydrogen-bond donors (Lipinski definition) is 2. The summed E-state index contributed by atoms with van der Waals surface area (Å²) in [6.45, 7) is 5.24. The second-order valence-electron chi connectivity index (χ2n) is 8.93. The van der Waals surface area contributed by atoms with Gasteiger partial charge >= 0.3 is 0 Å². The van der Waals surface area contributed by atoms with Crippen LogP contribution < -0.4 is 25.0 Å². The summed E-state index contributed by atoms with van der Waals surface area (Å²) >= 11 is 0. The molecule has 11 heteroatoms. The zero-order chi connectivity index (χ0) is 24.1. The summed E-state index contributed by atoms with van der Waals surface area (Å²) in [5.41, 5.74) is 3.32. The Kier molecular flexibility index (Phi) is 4.81. The minimum Gasteiger partial charge on any atom is -0.487 e. The van der Waals surface area contributed by atoms with Gasteiger partial charge in [0.1, 0.15) is 36.6 Å². The van der Waals surface area contributed by atoms with E-state index in [1.54, 1.807) is 17.0 Å². The molecule has 0 spiro atoms. The Morgan fingerprint density at radius 1 is 1.11 bits per heavy atom. The average molecular weight is 482 g/mol. The first kappa shape index (κ1) is 20.8. The summed E-state index contributed by atoms with van der Waals surface area (Å²) in [6, 6.07) is 9.91. The molecule has 1 atom stereocenters. The molecule has 0 unspecified atom stereocenters. The number of hydrogen-bond acceptors (Lipinski definition) is 10. The van der Waals surface area contributed by atoms with Crippen molar-refractivity contribution >= 4 is 33.9 Å². The molecule has 2 aliphatic heterocycles. The highest BCUT2D eigenvalue weighted by Crippen LogP contribution is 2.40. The second kappa shape index (κ2) is 8.31. The first-order valence-corrected chi connectivity index (χ1v) is 11.8. The van der Waals surface area contributed by atoms with Crippen LogP contribution in [0.25, 0.3) is 16.6 Å². The largest absolute Gasteiger partial charge is 0.487 e. The molecule has 11 nitrogen and oxygen atoms in total. The molecule has 6 heterocycles. The maximum atomic E-state index is 6.27. The number of benzene rings is 1. The van der Waals surface area contributed by atoms with E-state index in [4.69, 9.17) is 9.47 Å². The number of anilines is 3. The van der Waals surface area contributed by atoms with E-state index in [9.17, 15) is 0 Å². The van der Waals surface area contributed by atoms with Crippen LogP contribution in [0.5, 0.6) is 17.2 Å². The average Bonchev–Trinajstić information content (AvgIpc) is 3.32. The van der Waals surface area contributed by atoms with Crippen LogP contribution in [0.3, 0.4) is 0 Å². The molecule has 1 saturated heterocycles. The van der Waals surface area contributed by atoms with Gasteiger partial charge in [0.25, 0.3) is 0 Å². The third-order valence-corrected chi connectivity index (χ3v) is 6.52. The van der Waals surface area contributed by atoms with Crippen molar-refractivity contribution in [3.8, 4) is 17.2 Å². The molecule has 4 aromatic heterocycles. The molecule has 2 N–H and O–H groups in total. The standard InChI is InChI=1S/C25H23N9O2/c1-15-8-16(2-3-20(15)36-18-4-6-34-21(9-18)29-14-31-34)32-24-22-19(28-13-30-24)10-27-25-23(22)35-12-17-11-33(25)7-5-26-17/h2-4,6,8-10,13-14,17,26H,5,7,11-12H2,1H3,(H,28,30,32)/t17-/m1/s1. The van der Waals surface area contributed by atoms with Gasteiger partial charge in [0.05, 0.1) is 23.1 Å². The van der Waals surface area contributed by atoms with Gasteiger partial charge in [0.15, 0.2) is 17.2 Å². The van der Waals surface area contributed by atoms with Crippen LogP contribution in [0.15, 0.2) is 55.4 Å². The van der Waals surface area contributed by atoms with Crippen LogP contribution in [-0.2, 0) is 0 Å². The molecule has 1 fully saturated rings. The van der Waals surface area contributed by atoms with Gasteiger partial charge in [-0.25, -0.2) is 24.5 Å². The molecule has 0 amide bonds. The van der Waals surface area contributed by atoms with Gasteiger partial charge in [-0.2, -0.15) is 5.10 Å². The molecule has 36 heavy (non-hydrogen) atoms. The summed E-state index contributed by atoms with van der Waals surface area (Å²) in [5, 5.41) is 11.9. The van der Waals surface area contributed by atoms with Crippen molar-refractivity contribution in [2.45, 2.75) is 13.0 Å². The number of ether oxygens (including phenoxy) is 2. The summed E-state index contributed by atoms with van der Waals surface area (Å²) in [7, 11) is 0. The van der Waals surface area contributed by atoms with E-state index in [1.807, 2.05) is 43.5 Å². The van der Waals surface area contributed by atoms with Gasteiger partial charge in [-0.05, 0) is 36.8 Å². The van der Waals surface area contributed by atoms with Gasteiger partial charge in [0, 0.05) is 37.6 Å². The van der Waals surface area contributed by atoms with E-state index >= 15 is 0 Å². The van der Waals surface area contributed by atoms with Crippen LogP contribution in [-0.4, -0.2) is 61.8 Å². The summed E-state index contributed by atoms with van der Waals surface area (Å²) in [6.07, 6.45) is 6.67. The predicted molar refractivity (Wildman–Crippen MR) is 134 cm³/mol. The summed E-state index contributed by atoms with van der Waals surface area (Å²) in [5.74, 6) is 3.69. The number of pyridine rings is 2. The minimum absolute atomic E-state index is 0.268. The van der Waals surface area contributed by atoms with E-state index in [-0.39, 0.29) is 6.04 Å². The normalized spacial score (nSPS) is 16.9. The SMILES string of the molecule is Cc1cc(Nc2ncnc3cnc4c(c23)OC[C@H]2CN4CCN2)ccc1Oc1ccn2ncnc2c1. The number of aryl methyl sites for hydroxylation is 1. The Balaban J connectivity index is 1.21. The van der Waals surface area contributed by atoms with Crippen molar-refractivity contribution in [1.82, 2.24) is 34.9 Å². The molecule has 2 aliphatic rings. The van der Waals surface area contributed by atoms with Crippen molar-refractivity contribution in [2.75, 3.05) is 36.5 Å². The molecule has 0 aliphatic carbocycles. The lowest BCUT2D eigenvalue weighted by atomic mass is 10.2. The Hall–Kier alpha value is -4.51. The van der Waals surface area contributed by atoms with E-state index in [0.717, 1.165) is 64.8 Å². The Morgan fingerprint density at radius 3 is 3.03 bits per heavy atom. The van der Waals surface area contributed by atoms with Crippen LogP contribution in [0.4, 0.5) is 17.3 Å². The molecular formula is C25H23N9O2. The summed E-state index contributed by atoms with van der Waals surface area (Å²) < 4.78 is 14.1. The van der Waals surface area contributed by atoms with Crippen molar-refractivity contribution < 1.29 is 9.47 Å². The Bertz CT molecular complexity index is 1600. The van der Waals surface area contributed by atoms with Crippen molar-refractivity contribution in [3.05, 3.63) is 60.9 Å². The molecule has 0 saturated carbocycles. The topological polar surface area (TPSA) is 115 Å². The Morgan fingerprint density at radius 2 is 2.08 bits per heavy atom. The molecule has 180 valence electrons. The number of piperazine rings is 1. The smallest absolute Gasteiger partial charge is 0.174 e. The minimum atomic E-state index is 0.268. The first-order chi connectivity index (χ1) is 17.7. The zero-order valence-corrected chi connectivity index (χ0v) is 19.5. The van der Waals surface area contributed by atoms with Crippen LogP contribution in [0, 0.1) is 6.92 Å². The third kappa shape index (κ3) is 3.60. The van der Waals surface area contributed by atoms with E-state index in [1.165, 1.54) is 6.33 Å². The number of rotatable bonds is 4. The lowest BCUT2D eigenvalue weighted by molar-refractivity contribution is 0.273. The second-order valence-corrected chi connectivity index (χ2v) is 8.93. The predicted octanol–water partition coefficient (Wildman–Crippen LogP) is 3.08. The molecular weight excluding hydrogens is 458 g/mol. The summed E-state index contributed by atoms with van der Waals surface area (Å²) in [4.78, 5) is 20.2. The first-order valence-electron chi connectivity index (χ1n) is 11.8. The van der Waals surface area contributed by atoms with Gasteiger partial charge in [-0.1, -0.05) is 0 Å². The van der Waals surface area contributed by atoms with Gasteiger partial charge in [-0.15, -0.1) is 0 Å². The van der Waals surface area contributed by atoms with Gasteiger partial charge in [-0.3, -0.25) is 0 Å². The molecule has 7 rings (SSSR count). The lowest BCUT2D eigenvalue weighted by Gasteiger charge is -2.31. The fraction of sp³-hybridized carbons (Fsp3) is 0.240. The number of nitrogens with zero attached hydrogens (tertiary/aromatic N) is 7. The maximum absolute atomic E-state index is 6.27. The Labute approximate surface area is 206 Å². The number of nitrogens with one attached hydrogen (secondary N) is 2. The monoisotopic (exact) mass is 481 g/mol. The number of aromatic nitrogens is 6. The van der Waals surface area contributed by atoms with Crippen molar-refractivity contribution in [2.24, 2.45) is 0 Å². The van der Waals surface area contributed by atoms with Crippen molar-refractivity contribution in [1.29, 1.82) is 0 Å². The van der Waals surface area contributed by atoms with E-state index in [2.05, 4.69) is 40.6 Å². The highest BCUT2D eigenvalue weighted by atomic mass is 16.5. The number of fused-ring (bicyclic) bond motifs is 7. The zero-order valence-electron chi connectivity index (χ0n) is 19.5. The molecule has 5 aromatic rings. The fourth-order valence-corrected chi connectivity index (χ4v) is 4.75. The van der Waals surface area contributed by atoms with Gasteiger partial charge < -0.3 is 25.0 Å². The van der Waals surface area contributed by atoms with Crippen LogP contribution in [0.1, 0.15) is 5.56 Å². The van der Waals surface area contributed by atoms with Crippen molar-refractivity contribution in [3.63, 3.8) is 0 Å². The van der Waals surface area contributed by atoms with E-state index in [0.29, 0.717) is 18.2 Å². The molecule has 0 radical (unpaired) electrons. The third-order valence-electron chi connectivity index (χ3n) is 6.52. The highest BCUT2D eigenvalue weighted by molar-refractivity contribution is 5.98. The fourth-order valence-electron chi connectivity index (χ4n) is 4.75. The highest BCUT2D eigenvalue weighted by Gasteiger charge is 2.29. The van der Waals surface area contributed by atoms with Gasteiger partial charge in [0.2, 0.25) is 0 Å². The quantitative estimate of drug-likeness (QED) is 0.397.